The van der Waals surface area contributed by atoms with Crippen molar-refractivity contribution >= 4 is 54.9 Å². The van der Waals surface area contributed by atoms with Gasteiger partial charge in [-0.25, -0.2) is 0 Å². The van der Waals surface area contributed by atoms with Crippen LogP contribution in [0.25, 0.3) is 28.7 Å². The van der Waals surface area contributed by atoms with Gasteiger partial charge in [0.15, 0.2) is 19.6 Å². The Morgan fingerprint density at radius 3 is 2.16 bits per heavy atom. The third-order valence-electron chi connectivity index (χ3n) is 10.3. The molecule has 3 heterocycles. The number of aliphatic hydroxyl groups is 1. The van der Waals surface area contributed by atoms with Crippen LogP contribution in [0.5, 0.6) is 0 Å². The molecule has 294 valence electrons. The van der Waals surface area contributed by atoms with Crippen LogP contribution in [0, 0.1) is 34.0 Å². The zero-order valence-electron chi connectivity index (χ0n) is 32.6. The molecule has 4 aromatic rings. The van der Waals surface area contributed by atoms with Gasteiger partial charge in [0.1, 0.15) is 23.8 Å². The molecule has 1 N–H and O–H groups in total. The molecule has 1 atom stereocenters. The van der Waals surface area contributed by atoms with Crippen LogP contribution in [0.3, 0.4) is 0 Å². The van der Waals surface area contributed by atoms with Crippen LogP contribution < -0.4 is 4.90 Å². The van der Waals surface area contributed by atoms with Crippen molar-refractivity contribution in [1.82, 2.24) is 0 Å². The zero-order chi connectivity index (χ0) is 41.6. The predicted molar refractivity (Wildman–Crippen MR) is 225 cm³/mol. The lowest BCUT2D eigenvalue weighted by Gasteiger charge is -2.37. The first-order valence-electron chi connectivity index (χ1n) is 18.2. The highest BCUT2D eigenvalue weighted by Crippen LogP contribution is 2.56. The van der Waals surface area contributed by atoms with Gasteiger partial charge in [0.05, 0.1) is 13.2 Å². The average molecular weight is 825 g/mol. The van der Waals surface area contributed by atoms with Crippen molar-refractivity contribution in [3.8, 4) is 28.6 Å². The molecular formula is C44H43F3N4O3S2Si. The van der Waals surface area contributed by atoms with Crippen molar-refractivity contribution in [3.63, 3.8) is 0 Å². The van der Waals surface area contributed by atoms with Gasteiger partial charge in [0.2, 0.25) is 0 Å². The van der Waals surface area contributed by atoms with Crippen LogP contribution in [0.15, 0.2) is 101 Å². The summed E-state index contributed by atoms with van der Waals surface area (Å²) in [5.41, 5.74) is -2.72. The van der Waals surface area contributed by atoms with E-state index in [-0.39, 0.29) is 17.2 Å². The average Bonchev–Trinajstić information content (AvgIpc) is 3.91. The summed E-state index contributed by atoms with van der Waals surface area (Å²) in [6.45, 7) is 15.4. The zero-order valence-corrected chi connectivity index (χ0v) is 35.2. The van der Waals surface area contributed by atoms with E-state index >= 15 is 13.2 Å². The Balaban J connectivity index is 1.38. The maximum Gasteiger partial charge on any atom is 0.437 e. The quantitative estimate of drug-likeness (QED) is 0.105. The van der Waals surface area contributed by atoms with Gasteiger partial charge in [-0.2, -0.15) is 29.0 Å². The summed E-state index contributed by atoms with van der Waals surface area (Å²) in [6.07, 6.45) is 1.23. The van der Waals surface area contributed by atoms with Gasteiger partial charge in [-0.05, 0) is 84.7 Å². The number of nitriles is 3. The number of aliphatic hydroxyl groups excluding tert-OH is 1. The van der Waals surface area contributed by atoms with Crippen LogP contribution in [-0.2, 0) is 21.4 Å². The molecule has 13 heteroatoms. The molecule has 7 nitrogen and oxygen atoms in total. The number of ether oxygens (including phenoxy) is 1. The summed E-state index contributed by atoms with van der Waals surface area (Å²) in [7, 11) is -1.82. The predicted octanol–water partition coefficient (Wildman–Crippen LogP) is 11.6. The second-order valence-electron chi connectivity index (χ2n) is 14.8. The summed E-state index contributed by atoms with van der Waals surface area (Å²) < 4.78 is 57.4. The Morgan fingerprint density at radius 2 is 1.58 bits per heavy atom. The fraction of sp³-hybridized carbons (Fsp3) is 0.295. The van der Waals surface area contributed by atoms with Gasteiger partial charge in [-0.1, -0.05) is 69.3 Å². The van der Waals surface area contributed by atoms with E-state index < -0.39 is 42.6 Å². The van der Waals surface area contributed by atoms with E-state index in [1.54, 1.807) is 35.6 Å². The van der Waals surface area contributed by atoms with Crippen molar-refractivity contribution in [2.45, 2.75) is 64.2 Å². The lowest BCUT2D eigenvalue weighted by molar-refractivity contribution is -0.249. The summed E-state index contributed by atoms with van der Waals surface area (Å²) in [4.78, 5) is 5.60. The van der Waals surface area contributed by atoms with Crippen molar-refractivity contribution in [3.05, 3.63) is 127 Å². The van der Waals surface area contributed by atoms with Gasteiger partial charge in [0, 0.05) is 49.4 Å². The summed E-state index contributed by atoms with van der Waals surface area (Å²) >= 11 is 2.86. The van der Waals surface area contributed by atoms with Gasteiger partial charge in [-0.3, -0.25) is 0 Å². The molecule has 0 fully saturated rings. The van der Waals surface area contributed by atoms with Gasteiger partial charge in [0.25, 0.3) is 5.60 Å². The Morgan fingerprint density at radius 1 is 0.912 bits per heavy atom. The van der Waals surface area contributed by atoms with E-state index in [2.05, 4.69) is 76.0 Å². The van der Waals surface area contributed by atoms with E-state index in [4.69, 9.17) is 9.16 Å². The lowest BCUT2D eigenvalue weighted by atomic mass is 9.84. The summed E-state index contributed by atoms with van der Waals surface area (Å²) in [6, 6.07) is 25.9. The molecule has 0 radical (unpaired) electrons. The molecule has 0 spiro atoms. The molecule has 2 aromatic carbocycles. The lowest BCUT2D eigenvalue weighted by Crippen LogP contribution is -2.43. The van der Waals surface area contributed by atoms with E-state index in [1.807, 2.05) is 18.2 Å². The molecule has 0 aliphatic carbocycles. The molecule has 0 saturated heterocycles. The minimum atomic E-state index is -5.10. The van der Waals surface area contributed by atoms with Crippen molar-refractivity contribution in [2.24, 2.45) is 0 Å². The smallest absolute Gasteiger partial charge is 0.437 e. The largest absolute Gasteiger partial charge is 0.465 e. The van der Waals surface area contributed by atoms with Crippen molar-refractivity contribution in [1.29, 1.82) is 15.8 Å². The van der Waals surface area contributed by atoms with Crippen molar-refractivity contribution < 1.29 is 27.4 Å². The number of anilines is 1. The fourth-order valence-corrected chi connectivity index (χ4v) is 9.03. The van der Waals surface area contributed by atoms with Crippen LogP contribution >= 0.6 is 22.7 Å². The maximum atomic E-state index is 15.2. The molecule has 2 aromatic heterocycles. The number of thiophene rings is 2. The molecule has 0 amide bonds. The number of hydrogen-bond acceptors (Lipinski definition) is 9. The number of hydrogen-bond donors (Lipinski definition) is 1. The minimum Gasteiger partial charge on any atom is -0.465 e. The Kier molecular flexibility index (Phi) is 13.2. The second kappa shape index (κ2) is 17.5. The third-order valence-corrected chi connectivity index (χ3v) is 17.0. The van der Waals surface area contributed by atoms with Crippen LogP contribution in [-0.4, -0.2) is 39.3 Å². The third kappa shape index (κ3) is 9.02. The number of benzene rings is 2. The van der Waals surface area contributed by atoms with E-state index in [0.717, 1.165) is 45.0 Å². The van der Waals surface area contributed by atoms with Crippen LogP contribution in [0.1, 0.15) is 53.5 Å². The molecule has 57 heavy (non-hydrogen) atoms. The maximum absolute atomic E-state index is 15.2. The fourth-order valence-electron chi connectivity index (χ4n) is 6.10. The van der Waals surface area contributed by atoms with E-state index in [1.165, 1.54) is 47.7 Å². The molecule has 1 unspecified atom stereocenters. The first kappa shape index (κ1) is 42.9. The topological polar surface area (TPSA) is 113 Å². The first-order valence-corrected chi connectivity index (χ1v) is 22.8. The number of halogens is 3. The number of allylic oxidation sites excluding steroid dienone is 2. The van der Waals surface area contributed by atoms with Crippen LogP contribution in [0.4, 0.5) is 18.9 Å². The summed E-state index contributed by atoms with van der Waals surface area (Å²) in [5, 5.41) is 39.5. The Hall–Kier alpha value is -5.20. The SMILES string of the molecule is CCN(CCO[Si](C)(C)C(C)(C)C)c1ccc(-c2ccc(/C=C/c3cc(CO)c(/C=C/C4=C(C#N)C(=C(C#N)C#N)OC4(c4ccccc4)C(F)(F)F)s3)s2)cc1. The number of nitrogens with zero attached hydrogens (tertiary/aromatic N) is 4. The molecular weight excluding hydrogens is 782 g/mol. The number of likely N-dealkylation sites (N-methyl/N-ethyl adjacent to an activating group) is 1. The number of alkyl halides is 3. The van der Waals surface area contributed by atoms with Gasteiger partial charge in [-0.15, -0.1) is 22.7 Å². The number of rotatable bonds is 13. The molecule has 1 aliphatic rings. The highest BCUT2D eigenvalue weighted by atomic mass is 32.1. The summed E-state index contributed by atoms with van der Waals surface area (Å²) in [5.74, 6) is -0.739. The highest BCUT2D eigenvalue weighted by molar-refractivity contribution is 7.16. The first-order chi connectivity index (χ1) is 27.0. The van der Waals surface area contributed by atoms with E-state index in [0.29, 0.717) is 17.0 Å². The van der Waals surface area contributed by atoms with Gasteiger partial charge >= 0.3 is 6.18 Å². The molecule has 0 saturated carbocycles. The Bertz CT molecular complexity index is 2320. The minimum absolute atomic E-state index is 0.161. The normalized spacial score (nSPS) is 16.2. The molecule has 0 bridgehead atoms. The van der Waals surface area contributed by atoms with Crippen molar-refractivity contribution in [2.75, 3.05) is 24.6 Å². The van der Waals surface area contributed by atoms with Crippen LogP contribution in [0.2, 0.25) is 18.1 Å². The van der Waals surface area contributed by atoms with E-state index in [9.17, 15) is 20.9 Å². The molecule has 1 aliphatic heterocycles. The standard InChI is InChI=1S/C44H43F3N4O3S2Si/c1-7-51(23-24-53-57(5,6)42(2,3)4)34-15-13-30(14-16-34)39-21-19-35(55-39)17-18-36-25-31(29-52)40(56-36)22-20-38-37(28-50)41(32(26-48)27-49)54-43(38,44(45,46)47)33-11-9-8-10-12-33/h8-22,25,52H,7,23-24,29H2,1-6H3/b18-17+,22-20+. The second-order valence-corrected chi connectivity index (χ2v) is 21.8. The molecule has 5 rings (SSSR count). The Labute approximate surface area is 341 Å². The highest BCUT2D eigenvalue weighted by Gasteiger charge is 2.65. The van der Waals surface area contributed by atoms with Gasteiger partial charge < -0.3 is 19.2 Å². The monoisotopic (exact) mass is 824 g/mol.